The molecule has 3 heterocycles. The van der Waals surface area contributed by atoms with Crippen molar-refractivity contribution in [2.75, 3.05) is 6.61 Å². The molecule has 0 aromatic carbocycles. The molecule has 8 heteroatoms. The summed E-state index contributed by atoms with van der Waals surface area (Å²) in [6.07, 6.45) is 1.60. The lowest BCUT2D eigenvalue weighted by molar-refractivity contribution is -0.139. The molecule has 3 atom stereocenters. The number of carbonyl (C=O) groups is 1. The van der Waals surface area contributed by atoms with Gasteiger partial charge in [0.15, 0.2) is 11.3 Å². The highest BCUT2D eigenvalue weighted by Gasteiger charge is 2.49. The molecule has 0 aliphatic carbocycles. The Morgan fingerprint density at radius 2 is 2.24 bits per heavy atom. The standard InChI is InChI=1S/C13H11Cl3N2O3/c1-2-20-13(19)7-8(14)9(15)12(16)18-11(7)10-6(21-18)4-3-5-17-10/h3-5,8-9,12H,2H2,1H3/t8-,9-,12-/m1/s1. The van der Waals surface area contributed by atoms with Gasteiger partial charge in [-0.3, -0.25) is 4.98 Å². The van der Waals surface area contributed by atoms with Gasteiger partial charge in [-0.1, -0.05) is 11.6 Å². The van der Waals surface area contributed by atoms with E-state index in [4.69, 9.17) is 44.4 Å². The smallest absolute Gasteiger partial charge is 0.337 e. The zero-order chi connectivity index (χ0) is 15.1. The van der Waals surface area contributed by atoms with Gasteiger partial charge in [-0.05, 0) is 19.1 Å². The number of hydrogen-bond acceptors (Lipinski definition) is 5. The summed E-state index contributed by atoms with van der Waals surface area (Å²) in [6, 6.07) is 3.45. The molecule has 0 saturated carbocycles. The van der Waals surface area contributed by atoms with Gasteiger partial charge in [-0.25, -0.2) is 4.79 Å². The molecule has 1 aromatic rings. The van der Waals surface area contributed by atoms with Crippen molar-refractivity contribution >= 4 is 46.5 Å². The molecule has 21 heavy (non-hydrogen) atoms. The summed E-state index contributed by atoms with van der Waals surface area (Å²) in [7, 11) is 0. The Morgan fingerprint density at radius 3 is 2.95 bits per heavy atom. The van der Waals surface area contributed by atoms with Gasteiger partial charge >= 0.3 is 5.97 Å². The zero-order valence-electron chi connectivity index (χ0n) is 10.9. The number of aromatic nitrogens is 1. The molecule has 2 aliphatic heterocycles. The van der Waals surface area contributed by atoms with Crippen LogP contribution in [0.25, 0.3) is 5.70 Å². The van der Waals surface area contributed by atoms with Gasteiger partial charge in [0.1, 0.15) is 11.4 Å². The summed E-state index contributed by atoms with van der Waals surface area (Å²) >= 11 is 18.8. The van der Waals surface area contributed by atoms with Gasteiger partial charge in [0.05, 0.1) is 22.9 Å². The summed E-state index contributed by atoms with van der Waals surface area (Å²) in [5.74, 6) is -0.0524. The van der Waals surface area contributed by atoms with E-state index in [1.165, 1.54) is 5.06 Å². The van der Waals surface area contributed by atoms with Gasteiger partial charge in [-0.15, -0.1) is 23.2 Å². The van der Waals surface area contributed by atoms with Gasteiger partial charge in [0, 0.05) is 6.20 Å². The number of rotatable bonds is 2. The third-order valence-electron chi connectivity index (χ3n) is 3.20. The van der Waals surface area contributed by atoms with Crippen molar-refractivity contribution < 1.29 is 14.4 Å². The summed E-state index contributed by atoms with van der Waals surface area (Å²) in [5.41, 5.74) is 0.408. The minimum Gasteiger partial charge on any atom is -0.463 e. The van der Waals surface area contributed by atoms with Crippen LogP contribution in [-0.4, -0.2) is 38.9 Å². The minimum atomic E-state index is -0.795. The monoisotopic (exact) mass is 348 g/mol. The van der Waals surface area contributed by atoms with Crippen molar-refractivity contribution in [3.8, 4) is 5.75 Å². The number of hydrogen-bond donors (Lipinski definition) is 0. The lowest BCUT2D eigenvalue weighted by Crippen LogP contribution is -2.47. The Balaban J connectivity index is 2.19. The highest BCUT2D eigenvalue weighted by atomic mass is 35.5. The maximum atomic E-state index is 12.2. The molecule has 0 fully saturated rings. The molecule has 1 aromatic heterocycles. The number of ether oxygens (including phenoxy) is 1. The van der Waals surface area contributed by atoms with E-state index in [0.717, 1.165) is 0 Å². The van der Waals surface area contributed by atoms with E-state index >= 15 is 0 Å². The molecule has 112 valence electrons. The molecule has 0 unspecified atom stereocenters. The Hall–Kier alpha value is -1.17. The van der Waals surface area contributed by atoms with E-state index in [9.17, 15) is 4.79 Å². The van der Waals surface area contributed by atoms with Crippen LogP contribution in [0.2, 0.25) is 0 Å². The lowest BCUT2D eigenvalue weighted by atomic mass is 10.0. The normalized spacial score (nSPS) is 27.0. The van der Waals surface area contributed by atoms with Crippen molar-refractivity contribution in [3.63, 3.8) is 0 Å². The van der Waals surface area contributed by atoms with Crippen molar-refractivity contribution in [2.24, 2.45) is 0 Å². The number of carbonyl (C=O) groups excluding carboxylic acids is 1. The molecule has 0 N–H and O–H groups in total. The average molecular weight is 350 g/mol. The predicted molar refractivity (Wildman–Crippen MR) is 79.2 cm³/mol. The fraction of sp³-hybridized carbons (Fsp3) is 0.385. The van der Waals surface area contributed by atoms with E-state index in [0.29, 0.717) is 17.1 Å². The maximum absolute atomic E-state index is 12.2. The topological polar surface area (TPSA) is 51.7 Å². The first kappa shape index (κ1) is 14.8. The van der Waals surface area contributed by atoms with Crippen LogP contribution in [0.5, 0.6) is 5.75 Å². The molecule has 5 nitrogen and oxygen atoms in total. The average Bonchev–Trinajstić information content (AvgIpc) is 2.85. The minimum absolute atomic E-state index is 0.216. The van der Waals surface area contributed by atoms with E-state index in [1.54, 1.807) is 25.3 Å². The van der Waals surface area contributed by atoms with Crippen LogP contribution in [0, 0.1) is 0 Å². The first-order valence-electron chi connectivity index (χ1n) is 6.32. The Labute approximate surface area is 136 Å². The molecule has 0 radical (unpaired) electrons. The van der Waals surface area contributed by atoms with Gasteiger partial charge in [0.2, 0.25) is 0 Å². The van der Waals surface area contributed by atoms with Crippen LogP contribution >= 0.6 is 34.8 Å². The number of alkyl halides is 3. The first-order chi connectivity index (χ1) is 10.1. The number of halogens is 3. The van der Waals surface area contributed by atoms with Gasteiger partial charge in [-0.2, -0.15) is 5.06 Å². The summed E-state index contributed by atoms with van der Waals surface area (Å²) < 4.78 is 5.07. The highest BCUT2D eigenvalue weighted by molar-refractivity contribution is 6.38. The number of pyridine rings is 1. The SMILES string of the molecule is CCOC(=O)C1=C2c3ncccc3ON2[C@@H](Cl)[C@H](Cl)[C@@H]1Cl. The second-order valence-electron chi connectivity index (χ2n) is 4.47. The molecular formula is C13H11Cl3N2O3. The second-order valence-corrected chi connectivity index (χ2v) is 5.89. The summed E-state index contributed by atoms with van der Waals surface area (Å²) in [6.45, 7) is 1.94. The van der Waals surface area contributed by atoms with Crippen molar-refractivity contribution in [1.29, 1.82) is 0 Å². The second kappa shape index (κ2) is 5.55. The number of hydroxylamine groups is 2. The molecular weight excluding hydrogens is 339 g/mol. The fourth-order valence-electron chi connectivity index (χ4n) is 2.29. The molecule has 0 bridgehead atoms. The van der Waals surface area contributed by atoms with Gasteiger partial charge in [0.25, 0.3) is 0 Å². The summed E-state index contributed by atoms with van der Waals surface area (Å²) in [4.78, 5) is 22.1. The Kier molecular flexibility index (Phi) is 3.90. The van der Waals surface area contributed by atoms with Crippen molar-refractivity contribution in [3.05, 3.63) is 29.6 Å². The number of nitrogens with zero attached hydrogens (tertiary/aromatic N) is 2. The molecule has 0 saturated heterocycles. The van der Waals surface area contributed by atoms with Crippen LogP contribution < -0.4 is 4.84 Å². The van der Waals surface area contributed by atoms with Crippen LogP contribution in [0.3, 0.4) is 0 Å². The summed E-state index contributed by atoms with van der Waals surface area (Å²) in [5, 5.41) is -0.149. The van der Waals surface area contributed by atoms with Crippen LogP contribution in [0.4, 0.5) is 0 Å². The van der Waals surface area contributed by atoms with E-state index in [-0.39, 0.29) is 12.2 Å². The van der Waals surface area contributed by atoms with Crippen LogP contribution in [-0.2, 0) is 9.53 Å². The largest absolute Gasteiger partial charge is 0.463 e. The third kappa shape index (κ3) is 2.24. The molecule has 0 spiro atoms. The predicted octanol–water partition coefficient (Wildman–Crippen LogP) is 2.76. The number of fused-ring (bicyclic) bond motifs is 3. The molecule has 3 rings (SSSR count). The third-order valence-corrected chi connectivity index (χ3v) is 4.89. The van der Waals surface area contributed by atoms with Crippen LogP contribution in [0.1, 0.15) is 12.6 Å². The maximum Gasteiger partial charge on any atom is 0.337 e. The quantitative estimate of drug-likeness (QED) is 0.467. The molecule has 0 amide bonds. The van der Waals surface area contributed by atoms with Gasteiger partial charge < -0.3 is 9.57 Å². The van der Waals surface area contributed by atoms with Crippen LogP contribution in [0.15, 0.2) is 23.9 Å². The van der Waals surface area contributed by atoms with E-state index in [2.05, 4.69) is 4.98 Å². The Bertz CT molecular complexity index is 622. The van der Waals surface area contributed by atoms with E-state index in [1.807, 2.05) is 0 Å². The number of esters is 1. The van der Waals surface area contributed by atoms with Crippen molar-refractivity contribution in [1.82, 2.24) is 10.0 Å². The highest BCUT2D eigenvalue weighted by Crippen LogP contribution is 2.46. The zero-order valence-corrected chi connectivity index (χ0v) is 13.2. The van der Waals surface area contributed by atoms with E-state index < -0.39 is 22.2 Å². The fourth-order valence-corrected chi connectivity index (χ4v) is 3.21. The first-order valence-corrected chi connectivity index (χ1v) is 7.63. The lowest BCUT2D eigenvalue weighted by Gasteiger charge is -2.35. The Morgan fingerprint density at radius 1 is 1.48 bits per heavy atom. The van der Waals surface area contributed by atoms with Crippen molar-refractivity contribution in [2.45, 2.75) is 23.2 Å². The molecule has 2 aliphatic rings.